The van der Waals surface area contributed by atoms with Gasteiger partial charge in [0.1, 0.15) is 0 Å². The number of alkyl halides is 3. The molecule has 1 aromatic heterocycles. The molecule has 1 saturated heterocycles. The van der Waals surface area contributed by atoms with Crippen molar-refractivity contribution >= 4 is 5.91 Å². The van der Waals surface area contributed by atoms with Crippen LogP contribution in [0.2, 0.25) is 0 Å². The van der Waals surface area contributed by atoms with Gasteiger partial charge < -0.3 is 4.90 Å². The van der Waals surface area contributed by atoms with Gasteiger partial charge in [0.15, 0.2) is 12.0 Å². The maximum atomic E-state index is 14.4. The van der Waals surface area contributed by atoms with Crippen LogP contribution in [0.1, 0.15) is 53.5 Å². The highest BCUT2D eigenvalue weighted by atomic mass is 19.3. The van der Waals surface area contributed by atoms with Gasteiger partial charge >= 0.3 is 0 Å². The lowest BCUT2D eigenvalue weighted by Gasteiger charge is -2.30. The zero-order valence-electron chi connectivity index (χ0n) is 13.9. The Labute approximate surface area is 147 Å². The van der Waals surface area contributed by atoms with Crippen molar-refractivity contribution in [3.63, 3.8) is 0 Å². The molecule has 2 aliphatic heterocycles. The van der Waals surface area contributed by atoms with Crippen LogP contribution in [0.25, 0.3) is 0 Å². The third-order valence-electron chi connectivity index (χ3n) is 5.82. The first-order valence-electron chi connectivity index (χ1n) is 8.78. The van der Waals surface area contributed by atoms with Gasteiger partial charge in [-0.3, -0.25) is 4.79 Å². The zero-order chi connectivity index (χ0) is 18.1. The van der Waals surface area contributed by atoms with Gasteiger partial charge in [-0.2, -0.15) is 0 Å². The number of halogens is 3. The number of hydrogen-bond donors (Lipinski definition) is 0. The summed E-state index contributed by atoms with van der Waals surface area (Å²) in [6, 6.07) is 8.59. The second-order valence-corrected chi connectivity index (χ2v) is 7.38. The van der Waals surface area contributed by atoms with Crippen LogP contribution in [0.15, 0.2) is 30.3 Å². The third-order valence-corrected chi connectivity index (χ3v) is 5.82. The molecule has 3 heterocycles. The Morgan fingerprint density at radius 1 is 1.19 bits per heavy atom. The van der Waals surface area contributed by atoms with Crippen molar-refractivity contribution in [1.82, 2.24) is 19.7 Å². The van der Waals surface area contributed by atoms with Gasteiger partial charge in [-0.25, -0.2) is 22.8 Å². The quantitative estimate of drug-likeness (QED) is 0.825. The number of carbonyl (C=O) groups is 1. The lowest BCUT2D eigenvalue weighted by molar-refractivity contribution is -0.0623. The summed E-state index contributed by atoms with van der Waals surface area (Å²) < 4.78 is 43.2. The van der Waals surface area contributed by atoms with E-state index in [9.17, 15) is 18.0 Å². The molecule has 3 aliphatic rings. The van der Waals surface area contributed by atoms with E-state index in [-0.39, 0.29) is 37.1 Å². The van der Waals surface area contributed by atoms with Crippen LogP contribution in [0.5, 0.6) is 0 Å². The van der Waals surface area contributed by atoms with Crippen LogP contribution in [-0.2, 0) is 0 Å². The third kappa shape index (κ3) is 2.20. The highest BCUT2D eigenvalue weighted by molar-refractivity contribution is 5.91. The van der Waals surface area contributed by atoms with E-state index in [4.69, 9.17) is 0 Å². The molecule has 0 spiro atoms. The first-order valence-corrected chi connectivity index (χ1v) is 8.78. The van der Waals surface area contributed by atoms with E-state index >= 15 is 0 Å². The Bertz CT molecular complexity index is 869. The van der Waals surface area contributed by atoms with Crippen LogP contribution in [0.4, 0.5) is 13.2 Å². The van der Waals surface area contributed by atoms with E-state index in [2.05, 4.69) is 10.1 Å². The van der Waals surface area contributed by atoms with Gasteiger partial charge in [-0.05, 0) is 12.0 Å². The van der Waals surface area contributed by atoms with Crippen molar-refractivity contribution < 1.29 is 18.0 Å². The van der Waals surface area contributed by atoms with E-state index in [0.29, 0.717) is 6.42 Å². The summed E-state index contributed by atoms with van der Waals surface area (Å²) >= 11 is 0. The van der Waals surface area contributed by atoms with Crippen LogP contribution >= 0.6 is 0 Å². The highest BCUT2D eigenvalue weighted by Crippen LogP contribution is 2.48. The zero-order valence-corrected chi connectivity index (χ0v) is 13.9. The second-order valence-electron chi connectivity index (χ2n) is 7.38. The Morgan fingerprint density at radius 2 is 1.96 bits per heavy atom. The smallest absolute Gasteiger partial charge is 0.293 e. The molecule has 1 saturated carbocycles. The summed E-state index contributed by atoms with van der Waals surface area (Å²) in [6.45, 7) is 0.0154. The van der Waals surface area contributed by atoms with Gasteiger partial charge in [0.05, 0.1) is 6.04 Å². The topological polar surface area (TPSA) is 51.0 Å². The number of piperidine rings is 1. The average Bonchev–Trinajstić information content (AvgIpc) is 3.35. The molecule has 0 radical (unpaired) electrons. The number of likely N-dealkylation sites (tertiary alicyclic amines) is 1. The molecule has 5 rings (SSSR count). The minimum Gasteiger partial charge on any atom is -0.332 e. The lowest BCUT2D eigenvalue weighted by Crippen LogP contribution is -2.44. The summed E-state index contributed by atoms with van der Waals surface area (Å²) in [5.74, 6) is -3.94. The number of aromatic nitrogens is 3. The fraction of sp³-hybridized carbons (Fsp3) is 0.500. The molecular weight excluding hydrogens is 345 g/mol. The van der Waals surface area contributed by atoms with Gasteiger partial charge in [0, 0.05) is 31.3 Å². The minimum atomic E-state index is -2.70. The number of rotatable bonds is 2. The SMILES string of the molecule is O=C(c1nc2n(n1)C(c1ccccc1)CC2F)N1CC2CC1CC2(F)F. The van der Waals surface area contributed by atoms with Gasteiger partial charge in [0.2, 0.25) is 5.82 Å². The average molecular weight is 362 g/mol. The van der Waals surface area contributed by atoms with Gasteiger partial charge in [-0.1, -0.05) is 30.3 Å². The molecule has 1 aromatic carbocycles. The first kappa shape index (κ1) is 15.8. The summed E-state index contributed by atoms with van der Waals surface area (Å²) in [4.78, 5) is 18.3. The Balaban J connectivity index is 1.43. The van der Waals surface area contributed by atoms with E-state index < -0.39 is 30.0 Å². The molecule has 136 valence electrons. The number of amides is 1. The molecule has 26 heavy (non-hydrogen) atoms. The second kappa shape index (κ2) is 5.31. The van der Waals surface area contributed by atoms with Crippen molar-refractivity contribution in [3.8, 4) is 0 Å². The van der Waals surface area contributed by atoms with Crippen LogP contribution in [0.3, 0.4) is 0 Å². The van der Waals surface area contributed by atoms with E-state index in [1.807, 2.05) is 30.3 Å². The molecule has 2 bridgehead atoms. The molecule has 1 aliphatic carbocycles. The molecule has 8 heteroatoms. The Morgan fingerprint density at radius 3 is 2.62 bits per heavy atom. The lowest BCUT2D eigenvalue weighted by atomic mass is 10.0. The maximum absolute atomic E-state index is 14.4. The number of carbonyl (C=O) groups excluding carboxylic acids is 1. The van der Waals surface area contributed by atoms with E-state index in [0.717, 1.165) is 5.56 Å². The monoisotopic (exact) mass is 362 g/mol. The highest BCUT2D eigenvalue weighted by Gasteiger charge is 2.57. The van der Waals surface area contributed by atoms with E-state index in [1.54, 1.807) is 0 Å². The summed E-state index contributed by atoms with van der Waals surface area (Å²) in [5, 5.41) is 4.25. The van der Waals surface area contributed by atoms with Gasteiger partial charge in [-0.15, -0.1) is 5.10 Å². The molecule has 4 atom stereocenters. The van der Waals surface area contributed by atoms with Crippen molar-refractivity contribution in [2.75, 3.05) is 6.54 Å². The van der Waals surface area contributed by atoms with Crippen LogP contribution in [-0.4, -0.2) is 44.1 Å². The largest absolute Gasteiger partial charge is 0.332 e. The summed E-state index contributed by atoms with van der Waals surface area (Å²) in [6.07, 6.45) is -1.07. The molecule has 4 unspecified atom stereocenters. The summed E-state index contributed by atoms with van der Waals surface area (Å²) in [5.41, 5.74) is 0.901. The van der Waals surface area contributed by atoms with Crippen LogP contribution < -0.4 is 0 Å². The molecule has 5 nitrogen and oxygen atoms in total. The maximum Gasteiger partial charge on any atom is 0.293 e. The first-order chi connectivity index (χ1) is 12.4. The van der Waals surface area contributed by atoms with E-state index in [1.165, 1.54) is 9.58 Å². The molecule has 2 fully saturated rings. The number of fused-ring (bicyclic) bond motifs is 3. The van der Waals surface area contributed by atoms with Crippen molar-refractivity contribution in [2.45, 2.75) is 43.4 Å². The standard InChI is InChI=1S/C18H17F3N4O/c19-13-7-14(10-4-2-1-3-5-10)25-16(13)22-15(23-25)17(26)24-9-11-6-12(24)8-18(11,20)21/h1-5,11-14H,6-9H2. The number of nitrogens with zero attached hydrogens (tertiary/aromatic N) is 4. The van der Waals surface area contributed by atoms with Crippen molar-refractivity contribution in [3.05, 3.63) is 47.5 Å². The van der Waals surface area contributed by atoms with Gasteiger partial charge in [0.25, 0.3) is 11.8 Å². The number of benzene rings is 1. The Hall–Kier alpha value is -2.38. The molecule has 0 N–H and O–H groups in total. The molecule has 2 aromatic rings. The Kier molecular flexibility index (Phi) is 3.24. The fourth-order valence-electron chi connectivity index (χ4n) is 4.50. The normalized spacial score (nSPS) is 31.4. The predicted octanol–water partition coefficient (Wildman–Crippen LogP) is 3.15. The van der Waals surface area contributed by atoms with Crippen LogP contribution in [0, 0.1) is 5.92 Å². The molecule has 1 amide bonds. The summed E-state index contributed by atoms with van der Waals surface area (Å²) in [7, 11) is 0. The van der Waals surface area contributed by atoms with Crippen molar-refractivity contribution in [2.24, 2.45) is 5.92 Å². The fourth-order valence-corrected chi connectivity index (χ4v) is 4.50. The van der Waals surface area contributed by atoms with Crippen molar-refractivity contribution in [1.29, 1.82) is 0 Å². The minimum absolute atomic E-state index is 0.0154. The number of hydrogen-bond acceptors (Lipinski definition) is 3. The molecular formula is C18H17F3N4O. The predicted molar refractivity (Wildman–Crippen MR) is 85.6 cm³/mol.